The molecule has 0 aromatic heterocycles. The number of halogens is 1. The molecule has 4 unspecified atom stereocenters. The van der Waals surface area contributed by atoms with E-state index in [-0.39, 0.29) is 30.0 Å². The van der Waals surface area contributed by atoms with Crippen LogP contribution in [-0.4, -0.2) is 23.4 Å². The van der Waals surface area contributed by atoms with Gasteiger partial charge in [-0.25, -0.2) is 10.9 Å². The van der Waals surface area contributed by atoms with Gasteiger partial charge >= 0.3 is 0 Å². The third-order valence-electron chi connectivity index (χ3n) is 5.35. The van der Waals surface area contributed by atoms with E-state index in [1.165, 1.54) is 5.56 Å². The van der Waals surface area contributed by atoms with Crippen LogP contribution >= 0.6 is 11.6 Å². The quantitative estimate of drug-likeness (QED) is 0.863. The van der Waals surface area contributed by atoms with Crippen molar-refractivity contribution in [3.8, 4) is 0 Å². The average molecular weight is 370 g/mol. The average Bonchev–Trinajstić information content (AvgIpc) is 3.16. The molecule has 136 valence electrons. The van der Waals surface area contributed by atoms with E-state index in [0.29, 0.717) is 5.92 Å². The minimum atomic E-state index is -0.209. The maximum atomic E-state index is 13.1. The van der Waals surface area contributed by atoms with Crippen LogP contribution in [0.4, 0.5) is 0 Å². The Morgan fingerprint density at radius 1 is 0.962 bits per heavy atom. The maximum absolute atomic E-state index is 13.1. The molecule has 5 heteroatoms. The van der Waals surface area contributed by atoms with Crippen LogP contribution in [0.3, 0.4) is 0 Å². The first-order valence-electron chi connectivity index (χ1n) is 9.18. The number of nitrogens with zero attached hydrogens (tertiary/aromatic N) is 1. The summed E-state index contributed by atoms with van der Waals surface area (Å²) in [5, 5.41) is 0.722. The predicted octanol–water partition coefficient (Wildman–Crippen LogP) is 3.71. The molecule has 2 aromatic carbocycles. The molecule has 0 radical (unpaired) electrons. The number of benzene rings is 2. The van der Waals surface area contributed by atoms with Crippen LogP contribution in [0.25, 0.3) is 0 Å². The van der Waals surface area contributed by atoms with Gasteiger partial charge < -0.3 is 4.90 Å². The molecule has 1 amide bonds. The summed E-state index contributed by atoms with van der Waals surface area (Å²) in [6.07, 6.45) is 0. The highest BCUT2D eigenvalue weighted by molar-refractivity contribution is 6.30. The summed E-state index contributed by atoms with van der Waals surface area (Å²) in [6, 6.07) is 18.2. The molecule has 0 saturated carbocycles. The van der Waals surface area contributed by atoms with Crippen molar-refractivity contribution in [2.24, 2.45) is 11.8 Å². The standard InChI is InChI=1S/C21H24ClN3O/c1-13(2)12-25-20(15-6-4-3-5-7-15)17-18(23-24-19(17)21(25)26)14-8-10-16(22)11-9-14/h3-11,13,17-20,23-24H,12H2,1-2H3. The summed E-state index contributed by atoms with van der Waals surface area (Å²) in [4.78, 5) is 15.2. The van der Waals surface area contributed by atoms with E-state index in [1.807, 2.05) is 42.5 Å². The smallest absolute Gasteiger partial charge is 0.242 e. The number of hydrazine groups is 1. The molecule has 2 N–H and O–H groups in total. The Bertz CT molecular complexity index is 778. The second-order valence-corrected chi connectivity index (χ2v) is 8.05. The van der Waals surface area contributed by atoms with Gasteiger partial charge in [0.1, 0.15) is 6.04 Å². The molecule has 2 heterocycles. The number of likely N-dealkylation sites (tertiary alicyclic amines) is 1. The molecule has 2 fully saturated rings. The fraction of sp³-hybridized carbons (Fsp3) is 0.381. The largest absolute Gasteiger partial charge is 0.334 e. The van der Waals surface area contributed by atoms with Gasteiger partial charge in [0.2, 0.25) is 5.91 Å². The first-order chi connectivity index (χ1) is 12.6. The lowest BCUT2D eigenvalue weighted by Gasteiger charge is -2.32. The van der Waals surface area contributed by atoms with Crippen molar-refractivity contribution in [2.45, 2.75) is 32.0 Å². The predicted molar refractivity (Wildman–Crippen MR) is 103 cm³/mol. The maximum Gasteiger partial charge on any atom is 0.242 e. The molecule has 2 aliphatic heterocycles. The number of carbonyl (C=O) groups is 1. The molecule has 2 aromatic rings. The first kappa shape index (κ1) is 17.5. The fourth-order valence-electron chi connectivity index (χ4n) is 4.30. The summed E-state index contributed by atoms with van der Waals surface area (Å²) in [5.41, 5.74) is 8.96. The zero-order chi connectivity index (χ0) is 18.3. The Kier molecular flexibility index (Phi) is 4.74. The van der Waals surface area contributed by atoms with Crippen LogP contribution < -0.4 is 10.9 Å². The monoisotopic (exact) mass is 369 g/mol. The second-order valence-electron chi connectivity index (χ2n) is 7.61. The topological polar surface area (TPSA) is 44.4 Å². The molecular weight excluding hydrogens is 346 g/mol. The van der Waals surface area contributed by atoms with E-state index in [9.17, 15) is 4.79 Å². The Hall–Kier alpha value is -1.88. The van der Waals surface area contributed by atoms with Gasteiger partial charge in [0.15, 0.2) is 0 Å². The highest BCUT2D eigenvalue weighted by Gasteiger charge is 2.55. The van der Waals surface area contributed by atoms with Crippen LogP contribution in [0.5, 0.6) is 0 Å². The molecule has 4 atom stereocenters. The van der Waals surface area contributed by atoms with Gasteiger partial charge in [-0.3, -0.25) is 4.79 Å². The van der Waals surface area contributed by atoms with E-state index in [1.54, 1.807) is 0 Å². The third kappa shape index (κ3) is 3.02. The lowest BCUT2D eigenvalue weighted by Crippen LogP contribution is -2.42. The number of carbonyl (C=O) groups excluding carboxylic acids is 1. The zero-order valence-electron chi connectivity index (χ0n) is 15.0. The van der Waals surface area contributed by atoms with Crippen LogP contribution in [0.1, 0.15) is 37.1 Å². The first-order valence-corrected chi connectivity index (χ1v) is 9.56. The molecule has 0 spiro atoms. The van der Waals surface area contributed by atoms with Crippen molar-refractivity contribution < 1.29 is 4.79 Å². The highest BCUT2D eigenvalue weighted by atomic mass is 35.5. The second kappa shape index (κ2) is 7.03. The molecule has 2 saturated heterocycles. The molecule has 4 rings (SSSR count). The van der Waals surface area contributed by atoms with Gasteiger partial charge in [0, 0.05) is 17.5 Å². The molecular formula is C21H24ClN3O. The van der Waals surface area contributed by atoms with Crippen LogP contribution in [-0.2, 0) is 4.79 Å². The van der Waals surface area contributed by atoms with E-state index >= 15 is 0 Å². The molecule has 2 aliphatic rings. The van der Waals surface area contributed by atoms with E-state index in [4.69, 9.17) is 11.6 Å². The Morgan fingerprint density at radius 2 is 1.62 bits per heavy atom. The van der Waals surface area contributed by atoms with Gasteiger partial charge in [0.05, 0.1) is 12.1 Å². The van der Waals surface area contributed by atoms with Crippen molar-refractivity contribution >= 4 is 17.5 Å². The van der Waals surface area contributed by atoms with Crippen LogP contribution in [0, 0.1) is 11.8 Å². The molecule has 0 aliphatic carbocycles. The van der Waals surface area contributed by atoms with Crippen molar-refractivity contribution in [1.29, 1.82) is 0 Å². The van der Waals surface area contributed by atoms with Crippen molar-refractivity contribution in [1.82, 2.24) is 15.8 Å². The zero-order valence-corrected chi connectivity index (χ0v) is 15.8. The summed E-state index contributed by atoms with van der Waals surface area (Å²) >= 11 is 6.06. The van der Waals surface area contributed by atoms with E-state index in [0.717, 1.165) is 17.1 Å². The SMILES string of the molecule is CC(C)CN1C(=O)C2NNC(c3ccc(Cl)cc3)C2C1c1ccccc1. The number of rotatable bonds is 4. The van der Waals surface area contributed by atoms with Gasteiger partial charge in [0.25, 0.3) is 0 Å². The molecule has 0 bridgehead atoms. The number of amides is 1. The normalized spacial score (nSPS) is 28.0. The minimum absolute atomic E-state index is 0.0549. The van der Waals surface area contributed by atoms with Gasteiger partial charge in [-0.05, 0) is 29.2 Å². The Labute approximate surface area is 159 Å². The van der Waals surface area contributed by atoms with Crippen molar-refractivity contribution in [2.75, 3.05) is 6.54 Å². The minimum Gasteiger partial charge on any atom is -0.334 e. The Balaban J connectivity index is 1.75. The van der Waals surface area contributed by atoms with E-state index < -0.39 is 0 Å². The van der Waals surface area contributed by atoms with Gasteiger partial charge in [-0.1, -0.05) is 67.9 Å². The molecule has 4 nitrogen and oxygen atoms in total. The lowest BCUT2D eigenvalue weighted by atomic mass is 9.83. The lowest BCUT2D eigenvalue weighted by molar-refractivity contribution is -0.131. The fourth-order valence-corrected chi connectivity index (χ4v) is 4.43. The summed E-state index contributed by atoms with van der Waals surface area (Å²) in [6.45, 7) is 5.08. The summed E-state index contributed by atoms with van der Waals surface area (Å²) < 4.78 is 0. The number of hydrogen-bond acceptors (Lipinski definition) is 3. The van der Waals surface area contributed by atoms with Gasteiger partial charge in [-0.2, -0.15) is 0 Å². The van der Waals surface area contributed by atoms with Crippen LogP contribution in [0.2, 0.25) is 5.02 Å². The van der Waals surface area contributed by atoms with Crippen molar-refractivity contribution in [3.05, 3.63) is 70.7 Å². The van der Waals surface area contributed by atoms with E-state index in [2.05, 4.69) is 41.7 Å². The number of hydrogen-bond donors (Lipinski definition) is 2. The molecule has 26 heavy (non-hydrogen) atoms. The third-order valence-corrected chi connectivity index (χ3v) is 5.60. The highest BCUT2D eigenvalue weighted by Crippen LogP contribution is 2.47. The Morgan fingerprint density at radius 3 is 2.27 bits per heavy atom. The van der Waals surface area contributed by atoms with Gasteiger partial charge in [-0.15, -0.1) is 0 Å². The number of fused-ring (bicyclic) bond motifs is 1. The summed E-state index contributed by atoms with van der Waals surface area (Å²) in [5.74, 6) is 0.734. The van der Waals surface area contributed by atoms with Crippen molar-refractivity contribution in [3.63, 3.8) is 0 Å². The van der Waals surface area contributed by atoms with Crippen LogP contribution in [0.15, 0.2) is 54.6 Å². The number of nitrogens with one attached hydrogen (secondary N) is 2. The summed E-state index contributed by atoms with van der Waals surface area (Å²) in [7, 11) is 0.